The summed E-state index contributed by atoms with van der Waals surface area (Å²) in [4.78, 5) is 14.5. The number of likely N-dealkylation sites (tertiary alicyclic amines) is 1. The molecule has 2 fully saturated rings. The van der Waals surface area contributed by atoms with E-state index in [1.807, 2.05) is 0 Å². The summed E-state index contributed by atoms with van der Waals surface area (Å²) in [5.74, 6) is 0.755. The molecule has 2 aliphatic rings. The molecule has 0 aromatic carbocycles. The van der Waals surface area contributed by atoms with Crippen LogP contribution in [0, 0.1) is 23.2 Å². The quantitative estimate of drug-likeness (QED) is 0.712. The highest BCUT2D eigenvalue weighted by atomic mass is 16.5. The van der Waals surface area contributed by atoms with E-state index >= 15 is 0 Å². The second-order valence-corrected chi connectivity index (χ2v) is 6.22. The third-order valence-corrected chi connectivity index (χ3v) is 4.69. The number of hydrogen-bond acceptors (Lipinski definition) is 4. The standard InChI is InChI=1S/C14H25NO3/c1-10(2)12(13(16)17-4)14(8-18-9-14)11-5-6-15(3)7-11/h10-12H,5-9H2,1-4H3. The maximum Gasteiger partial charge on any atom is 0.309 e. The largest absolute Gasteiger partial charge is 0.469 e. The SMILES string of the molecule is COC(=O)C(C(C)C)C1(C2CCN(C)C2)COC1. The van der Waals surface area contributed by atoms with Crippen molar-refractivity contribution in [2.75, 3.05) is 40.5 Å². The van der Waals surface area contributed by atoms with E-state index in [0.29, 0.717) is 25.0 Å². The molecule has 2 heterocycles. The Bertz CT molecular complexity index is 312. The van der Waals surface area contributed by atoms with Crippen molar-refractivity contribution in [2.24, 2.45) is 23.2 Å². The summed E-state index contributed by atoms with van der Waals surface area (Å²) in [5, 5.41) is 0. The normalized spacial score (nSPS) is 29.1. The van der Waals surface area contributed by atoms with Crippen LogP contribution in [0.3, 0.4) is 0 Å². The van der Waals surface area contributed by atoms with Crippen LogP contribution < -0.4 is 0 Å². The highest BCUT2D eigenvalue weighted by Gasteiger charge is 2.56. The van der Waals surface area contributed by atoms with Crippen molar-refractivity contribution < 1.29 is 14.3 Å². The molecule has 0 aromatic heterocycles. The van der Waals surface area contributed by atoms with Gasteiger partial charge in [-0.3, -0.25) is 4.79 Å². The predicted molar refractivity (Wildman–Crippen MR) is 69.2 cm³/mol. The molecule has 2 atom stereocenters. The molecule has 4 nitrogen and oxygen atoms in total. The first-order valence-electron chi connectivity index (χ1n) is 6.85. The molecule has 18 heavy (non-hydrogen) atoms. The van der Waals surface area contributed by atoms with Gasteiger partial charge in [-0.1, -0.05) is 13.8 Å². The van der Waals surface area contributed by atoms with E-state index < -0.39 is 0 Å². The lowest BCUT2D eigenvalue weighted by atomic mass is 9.61. The van der Waals surface area contributed by atoms with E-state index in [0.717, 1.165) is 13.1 Å². The van der Waals surface area contributed by atoms with E-state index in [9.17, 15) is 4.79 Å². The maximum absolute atomic E-state index is 12.1. The molecule has 0 saturated carbocycles. The van der Waals surface area contributed by atoms with Crippen LogP contribution in [0.25, 0.3) is 0 Å². The number of carbonyl (C=O) groups is 1. The van der Waals surface area contributed by atoms with E-state index in [4.69, 9.17) is 9.47 Å². The minimum absolute atomic E-state index is 0.00597. The number of nitrogens with zero attached hydrogens (tertiary/aromatic N) is 1. The molecule has 2 aliphatic heterocycles. The van der Waals surface area contributed by atoms with Gasteiger partial charge in [0, 0.05) is 12.0 Å². The van der Waals surface area contributed by atoms with Crippen LogP contribution in [0.15, 0.2) is 0 Å². The van der Waals surface area contributed by atoms with Crippen molar-refractivity contribution >= 4 is 5.97 Å². The highest BCUT2D eigenvalue weighted by molar-refractivity contribution is 5.74. The van der Waals surface area contributed by atoms with Crippen molar-refractivity contribution in [3.05, 3.63) is 0 Å². The van der Waals surface area contributed by atoms with Crippen LogP contribution in [-0.2, 0) is 14.3 Å². The van der Waals surface area contributed by atoms with E-state index in [-0.39, 0.29) is 17.3 Å². The average Bonchev–Trinajstić information content (AvgIpc) is 2.68. The second-order valence-electron chi connectivity index (χ2n) is 6.22. The Kier molecular flexibility index (Phi) is 3.97. The first-order valence-corrected chi connectivity index (χ1v) is 6.85. The Labute approximate surface area is 110 Å². The molecule has 0 amide bonds. The number of methoxy groups -OCH3 is 1. The van der Waals surface area contributed by atoms with Gasteiger partial charge in [0.25, 0.3) is 0 Å². The Morgan fingerprint density at radius 2 is 2.11 bits per heavy atom. The molecule has 0 aromatic rings. The topological polar surface area (TPSA) is 38.8 Å². The number of hydrogen-bond donors (Lipinski definition) is 0. The summed E-state index contributed by atoms with van der Waals surface area (Å²) in [6.45, 7) is 7.84. The zero-order chi connectivity index (χ0) is 13.3. The Balaban J connectivity index is 2.21. The van der Waals surface area contributed by atoms with Gasteiger partial charge in [0.05, 0.1) is 26.2 Å². The van der Waals surface area contributed by atoms with Crippen molar-refractivity contribution in [1.29, 1.82) is 0 Å². The Hall–Kier alpha value is -0.610. The lowest BCUT2D eigenvalue weighted by Gasteiger charge is -2.51. The van der Waals surface area contributed by atoms with Crippen LogP contribution in [0.2, 0.25) is 0 Å². The summed E-state index contributed by atoms with van der Waals surface area (Å²) in [5.41, 5.74) is 0.00597. The van der Waals surface area contributed by atoms with Crippen molar-refractivity contribution in [1.82, 2.24) is 4.90 Å². The fraction of sp³-hybridized carbons (Fsp3) is 0.929. The summed E-state index contributed by atoms with van der Waals surface area (Å²) in [6, 6.07) is 0. The zero-order valence-corrected chi connectivity index (χ0v) is 11.9. The van der Waals surface area contributed by atoms with Gasteiger partial charge in [-0.05, 0) is 31.8 Å². The van der Waals surface area contributed by atoms with Gasteiger partial charge in [-0.2, -0.15) is 0 Å². The van der Waals surface area contributed by atoms with Crippen LogP contribution in [0.5, 0.6) is 0 Å². The summed E-state index contributed by atoms with van der Waals surface area (Å²) in [7, 11) is 3.64. The van der Waals surface area contributed by atoms with Crippen molar-refractivity contribution in [2.45, 2.75) is 20.3 Å². The molecular formula is C14H25NO3. The minimum atomic E-state index is -0.0668. The summed E-state index contributed by atoms with van der Waals surface area (Å²) in [6.07, 6.45) is 1.17. The first kappa shape index (κ1) is 13.8. The maximum atomic E-state index is 12.1. The van der Waals surface area contributed by atoms with Gasteiger partial charge in [0.15, 0.2) is 0 Å². The lowest BCUT2D eigenvalue weighted by molar-refractivity contribution is -0.201. The van der Waals surface area contributed by atoms with Crippen LogP contribution in [-0.4, -0.2) is 51.3 Å². The fourth-order valence-corrected chi connectivity index (χ4v) is 3.71. The Morgan fingerprint density at radius 3 is 2.44 bits per heavy atom. The first-order chi connectivity index (χ1) is 8.51. The van der Waals surface area contributed by atoms with Crippen molar-refractivity contribution in [3.63, 3.8) is 0 Å². The molecule has 0 N–H and O–H groups in total. The van der Waals surface area contributed by atoms with Gasteiger partial charge >= 0.3 is 5.97 Å². The van der Waals surface area contributed by atoms with Crippen LogP contribution in [0.4, 0.5) is 0 Å². The number of carbonyl (C=O) groups excluding carboxylic acids is 1. The lowest BCUT2D eigenvalue weighted by Crippen LogP contribution is -2.58. The van der Waals surface area contributed by atoms with Gasteiger partial charge in [-0.15, -0.1) is 0 Å². The molecule has 2 rings (SSSR count). The molecule has 2 saturated heterocycles. The molecule has 0 bridgehead atoms. The molecule has 0 radical (unpaired) electrons. The number of ether oxygens (including phenoxy) is 2. The third-order valence-electron chi connectivity index (χ3n) is 4.69. The molecular weight excluding hydrogens is 230 g/mol. The minimum Gasteiger partial charge on any atom is -0.469 e. The van der Waals surface area contributed by atoms with Crippen LogP contribution in [0.1, 0.15) is 20.3 Å². The monoisotopic (exact) mass is 255 g/mol. The molecule has 0 aliphatic carbocycles. The highest BCUT2D eigenvalue weighted by Crippen LogP contribution is 2.49. The molecule has 2 unspecified atom stereocenters. The van der Waals surface area contributed by atoms with Crippen LogP contribution >= 0.6 is 0 Å². The number of esters is 1. The van der Waals surface area contributed by atoms with Gasteiger partial charge < -0.3 is 14.4 Å². The smallest absolute Gasteiger partial charge is 0.309 e. The van der Waals surface area contributed by atoms with Gasteiger partial charge in [0.1, 0.15) is 0 Å². The summed E-state index contributed by atoms with van der Waals surface area (Å²) < 4.78 is 10.5. The molecule has 104 valence electrons. The second kappa shape index (κ2) is 5.17. The summed E-state index contributed by atoms with van der Waals surface area (Å²) >= 11 is 0. The van der Waals surface area contributed by atoms with E-state index in [1.165, 1.54) is 13.5 Å². The number of rotatable bonds is 4. The predicted octanol–water partition coefficient (Wildman–Crippen LogP) is 1.40. The molecule has 4 heteroatoms. The van der Waals surface area contributed by atoms with E-state index in [1.54, 1.807) is 0 Å². The van der Waals surface area contributed by atoms with Gasteiger partial charge in [-0.25, -0.2) is 0 Å². The third kappa shape index (κ3) is 2.16. The molecule has 0 spiro atoms. The fourth-order valence-electron chi connectivity index (χ4n) is 3.71. The Morgan fingerprint density at radius 1 is 1.44 bits per heavy atom. The zero-order valence-electron chi connectivity index (χ0n) is 11.9. The van der Waals surface area contributed by atoms with E-state index in [2.05, 4.69) is 25.8 Å². The van der Waals surface area contributed by atoms with Crippen molar-refractivity contribution in [3.8, 4) is 0 Å². The average molecular weight is 255 g/mol. The van der Waals surface area contributed by atoms with Gasteiger partial charge in [0.2, 0.25) is 0 Å².